The molecule has 1 heterocycles. The standard InChI is InChI=1S/C15H22N2O/c1-2-3-8-16-13-14-4-6-15(7-5-14)17-9-11-18-12-10-17/h2,4-7,16H,1,3,8-13H2. The second-order valence-corrected chi connectivity index (χ2v) is 4.52. The zero-order valence-corrected chi connectivity index (χ0v) is 10.9. The van der Waals surface area contributed by atoms with Crippen LogP contribution in [0.2, 0.25) is 0 Å². The molecule has 0 aliphatic carbocycles. The molecule has 1 aromatic rings. The molecule has 3 heteroatoms. The summed E-state index contributed by atoms with van der Waals surface area (Å²) in [6.45, 7) is 9.31. The lowest BCUT2D eigenvalue weighted by molar-refractivity contribution is 0.122. The molecule has 98 valence electrons. The molecule has 0 amide bonds. The molecule has 1 aliphatic heterocycles. The molecule has 0 saturated carbocycles. The number of rotatable bonds is 6. The van der Waals surface area contributed by atoms with Gasteiger partial charge in [0.05, 0.1) is 13.2 Å². The van der Waals surface area contributed by atoms with Crippen molar-refractivity contribution in [3.05, 3.63) is 42.5 Å². The summed E-state index contributed by atoms with van der Waals surface area (Å²) in [5.41, 5.74) is 2.63. The molecule has 0 radical (unpaired) electrons. The SMILES string of the molecule is C=CCCNCc1ccc(N2CCOCC2)cc1. The van der Waals surface area contributed by atoms with E-state index in [0.29, 0.717) is 0 Å². The van der Waals surface area contributed by atoms with E-state index in [-0.39, 0.29) is 0 Å². The van der Waals surface area contributed by atoms with Crippen LogP contribution >= 0.6 is 0 Å². The van der Waals surface area contributed by atoms with Crippen molar-refractivity contribution in [2.24, 2.45) is 0 Å². The number of nitrogens with one attached hydrogen (secondary N) is 1. The third-order valence-corrected chi connectivity index (χ3v) is 3.17. The second-order valence-electron chi connectivity index (χ2n) is 4.52. The quantitative estimate of drug-likeness (QED) is 0.615. The fourth-order valence-corrected chi connectivity index (χ4v) is 2.08. The molecular weight excluding hydrogens is 224 g/mol. The molecule has 2 rings (SSSR count). The van der Waals surface area contributed by atoms with Crippen LogP contribution in [-0.4, -0.2) is 32.8 Å². The first kappa shape index (κ1) is 13.1. The highest BCUT2D eigenvalue weighted by Gasteiger charge is 2.10. The topological polar surface area (TPSA) is 24.5 Å². The van der Waals surface area contributed by atoms with Gasteiger partial charge in [-0.05, 0) is 30.7 Å². The minimum absolute atomic E-state index is 0.838. The number of morpholine rings is 1. The number of ether oxygens (including phenoxy) is 1. The summed E-state index contributed by atoms with van der Waals surface area (Å²) in [4.78, 5) is 2.37. The highest BCUT2D eigenvalue weighted by Crippen LogP contribution is 2.16. The Morgan fingerprint density at radius 2 is 1.94 bits per heavy atom. The molecule has 1 saturated heterocycles. The van der Waals surface area contributed by atoms with Crippen molar-refractivity contribution in [1.82, 2.24) is 5.32 Å². The first-order chi connectivity index (χ1) is 8.90. The number of benzene rings is 1. The van der Waals surface area contributed by atoms with Gasteiger partial charge in [-0.2, -0.15) is 0 Å². The zero-order valence-electron chi connectivity index (χ0n) is 10.9. The predicted octanol–water partition coefficient (Wildman–Crippen LogP) is 2.19. The van der Waals surface area contributed by atoms with Gasteiger partial charge in [0.25, 0.3) is 0 Å². The van der Waals surface area contributed by atoms with E-state index in [4.69, 9.17) is 4.74 Å². The Kier molecular flexibility index (Phi) is 5.24. The normalized spacial score (nSPS) is 15.7. The minimum atomic E-state index is 0.838. The first-order valence-corrected chi connectivity index (χ1v) is 6.63. The zero-order chi connectivity index (χ0) is 12.6. The molecule has 0 bridgehead atoms. The van der Waals surface area contributed by atoms with Gasteiger partial charge in [-0.1, -0.05) is 18.2 Å². The van der Waals surface area contributed by atoms with Crippen LogP contribution in [0.3, 0.4) is 0 Å². The number of nitrogens with zero attached hydrogens (tertiary/aromatic N) is 1. The van der Waals surface area contributed by atoms with E-state index in [9.17, 15) is 0 Å². The maximum absolute atomic E-state index is 5.36. The molecule has 1 aliphatic rings. The van der Waals surface area contributed by atoms with Gasteiger partial charge in [0.1, 0.15) is 0 Å². The van der Waals surface area contributed by atoms with Gasteiger partial charge >= 0.3 is 0 Å². The van der Waals surface area contributed by atoms with Crippen LogP contribution in [0.1, 0.15) is 12.0 Å². The van der Waals surface area contributed by atoms with Crippen molar-refractivity contribution in [1.29, 1.82) is 0 Å². The Balaban J connectivity index is 1.82. The third kappa shape index (κ3) is 3.86. The van der Waals surface area contributed by atoms with E-state index in [0.717, 1.165) is 45.8 Å². The van der Waals surface area contributed by atoms with Gasteiger partial charge in [0, 0.05) is 25.3 Å². The Morgan fingerprint density at radius 3 is 2.61 bits per heavy atom. The van der Waals surface area contributed by atoms with Crippen LogP contribution in [0.25, 0.3) is 0 Å². The van der Waals surface area contributed by atoms with Gasteiger partial charge in [0.2, 0.25) is 0 Å². The van der Waals surface area contributed by atoms with E-state index in [2.05, 4.69) is 41.1 Å². The lowest BCUT2D eigenvalue weighted by atomic mass is 10.2. The fourth-order valence-electron chi connectivity index (χ4n) is 2.08. The van der Waals surface area contributed by atoms with E-state index < -0.39 is 0 Å². The molecule has 1 N–H and O–H groups in total. The van der Waals surface area contributed by atoms with Gasteiger partial charge in [0.15, 0.2) is 0 Å². The predicted molar refractivity (Wildman–Crippen MR) is 76.0 cm³/mol. The number of hydrogen-bond donors (Lipinski definition) is 1. The van der Waals surface area contributed by atoms with Crippen LogP contribution in [0.15, 0.2) is 36.9 Å². The molecule has 1 aromatic carbocycles. The van der Waals surface area contributed by atoms with E-state index in [1.165, 1.54) is 11.3 Å². The van der Waals surface area contributed by atoms with E-state index >= 15 is 0 Å². The average molecular weight is 246 g/mol. The summed E-state index contributed by atoms with van der Waals surface area (Å²) in [5, 5.41) is 3.40. The van der Waals surface area contributed by atoms with Crippen LogP contribution in [-0.2, 0) is 11.3 Å². The molecule has 0 atom stereocenters. The maximum atomic E-state index is 5.36. The van der Waals surface area contributed by atoms with Crippen molar-refractivity contribution in [3.63, 3.8) is 0 Å². The van der Waals surface area contributed by atoms with Crippen molar-refractivity contribution in [2.75, 3.05) is 37.7 Å². The summed E-state index contributed by atoms with van der Waals surface area (Å²) in [5.74, 6) is 0. The Bertz CT molecular complexity index is 355. The first-order valence-electron chi connectivity index (χ1n) is 6.63. The fraction of sp³-hybridized carbons (Fsp3) is 0.467. The van der Waals surface area contributed by atoms with Crippen molar-refractivity contribution < 1.29 is 4.74 Å². The lowest BCUT2D eigenvalue weighted by Gasteiger charge is -2.28. The van der Waals surface area contributed by atoms with E-state index in [1.807, 2.05) is 6.08 Å². The number of hydrogen-bond acceptors (Lipinski definition) is 3. The molecule has 0 spiro atoms. The monoisotopic (exact) mass is 246 g/mol. The summed E-state index contributed by atoms with van der Waals surface area (Å²) in [6, 6.07) is 8.81. The van der Waals surface area contributed by atoms with Gasteiger partial charge in [-0.25, -0.2) is 0 Å². The summed E-state index contributed by atoms with van der Waals surface area (Å²) in [6.07, 6.45) is 2.96. The van der Waals surface area contributed by atoms with Crippen LogP contribution in [0.4, 0.5) is 5.69 Å². The van der Waals surface area contributed by atoms with Crippen LogP contribution in [0, 0.1) is 0 Å². The van der Waals surface area contributed by atoms with Gasteiger partial charge < -0.3 is 15.0 Å². The molecule has 3 nitrogen and oxygen atoms in total. The minimum Gasteiger partial charge on any atom is -0.378 e. The van der Waals surface area contributed by atoms with Crippen molar-refractivity contribution in [3.8, 4) is 0 Å². The van der Waals surface area contributed by atoms with Crippen LogP contribution in [0.5, 0.6) is 0 Å². The highest BCUT2D eigenvalue weighted by molar-refractivity contribution is 5.47. The summed E-state index contributed by atoms with van der Waals surface area (Å²) < 4.78 is 5.36. The summed E-state index contributed by atoms with van der Waals surface area (Å²) in [7, 11) is 0. The Labute approximate surface area is 109 Å². The molecule has 1 fully saturated rings. The largest absolute Gasteiger partial charge is 0.378 e. The highest BCUT2D eigenvalue weighted by atomic mass is 16.5. The molecule has 0 aromatic heterocycles. The Morgan fingerprint density at radius 1 is 1.22 bits per heavy atom. The van der Waals surface area contributed by atoms with Crippen molar-refractivity contribution in [2.45, 2.75) is 13.0 Å². The third-order valence-electron chi connectivity index (χ3n) is 3.17. The van der Waals surface area contributed by atoms with E-state index in [1.54, 1.807) is 0 Å². The molecular formula is C15H22N2O. The average Bonchev–Trinajstić information content (AvgIpc) is 2.45. The van der Waals surface area contributed by atoms with Crippen LogP contribution < -0.4 is 10.2 Å². The molecule has 18 heavy (non-hydrogen) atoms. The number of anilines is 1. The van der Waals surface area contributed by atoms with Gasteiger partial charge in [-0.3, -0.25) is 0 Å². The Hall–Kier alpha value is -1.32. The van der Waals surface area contributed by atoms with Crippen molar-refractivity contribution >= 4 is 5.69 Å². The van der Waals surface area contributed by atoms with Gasteiger partial charge in [-0.15, -0.1) is 6.58 Å². The smallest absolute Gasteiger partial charge is 0.0642 e. The molecule has 0 unspecified atom stereocenters. The maximum Gasteiger partial charge on any atom is 0.0642 e. The second kappa shape index (κ2) is 7.19. The lowest BCUT2D eigenvalue weighted by Crippen LogP contribution is -2.36. The summed E-state index contributed by atoms with van der Waals surface area (Å²) >= 11 is 0.